The number of hydrogen-bond acceptors (Lipinski definition) is 3. The van der Waals surface area contributed by atoms with E-state index >= 15 is 0 Å². The van der Waals surface area contributed by atoms with Crippen molar-refractivity contribution in [1.29, 1.82) is 0 Å². The van der Waals surface area contributed by atoms with Gasteiger partial charge in [0, 0.05) is 31.9 Å². The van der Waals surface area contributed by atoms with Crippen LogP contribution < -0.4 is 10.2 Å². The highest BCUT2D eigenvalue weighted by Gasteiger charge is 2.37. The fraction of sp³-hybridized carbons (Fsp3) is 0.647. The maximum absolute atomic E-state index is 6.33. The Morgan fingerprint density at radius 3 is 2.48 bits per heavy atom. The molecule has 1 N–H and O–H groups in total. The van der Waals surface area contributed by atoms with Gasteiger partial charge in [0.1, 0.15) is 0 Å². The van der Waals surface area contributed by atoms with Crippen molar-refractivity contribution in [3.8, 4) is 0 Å². The maximum atomic E-state index is 6.33. The fourth-order valence-electron chi connectivity index (χ4n) is 2.25. The van der Waals surface area contributed by atoms with Crippen LogP contribution in [-0.4, -0.2) is 34.5 Å². The van der Waals surface area contributed by atoms with Crippen LogP contribution in [0.15, 0.2) is 24.3 Å². The zero-order valence-electron chi connectivity index (χ0n) is 14.2. The van der Waals surface area contributed by atoms with Gasteiger partial charge in [-0.3, -0.25) is 0 Å². The van der Waals surface area contributed by atoms with Gasteiger partial charge in [-0.1, -0.05) is 32.9 Å². The summed E-state index contributed by atoms with van der Waals surface area (Å²) in [6.07, 6.45) is 0. The van der Waals surface area contributed by atoms with Crippen LogP contribution in [0, 0.1) is 0 Å². The smallest absolute Gasteiger partial charge is 0.192 e. The normalized spacial score (nSPS) is 17.1. The lowest BCUT2D eigenvalue weighted by Crippen LogP contribution is -2.43. The summed E-state index contributed by atoms with van der Waals surface area (Å²) >= 11 is 0. The zero-order chi connectivity index (χ0) is 15.5. The standard InChI is InChI=1S/C17H30N2OSi/c1-17(2,3)21(4,5)20-14-15-7-6-8-16(13-15)19-11-9-18-10-12-19/h6-8,13,18H,9-12,14H2,1-5H3. The molecule has 1 aliphatic rings. The molecule has 1 fully saturated rings. The Balaban J connectivity index is 2.01. The van der Waals surface area contributed by atoms with Gasteiger partial charge in [0.2, 0.25) is 0 Å². The number of nitrogens with one attached hydrogen (secondary N) is 1. The molecule has 4 heteroatoms. The van der Waals surface area contributed by atoms with Crippen molar-refractivity contribution in [1.82, 2.24) is 5.32 Å². The first-order valence-corrected chi connectivity index (χ1v) is 10.9. The molecule has 0 radical (unpaired) electrons. The van der Waals surface area contributed by atoms with E-state index in [1.807, 2.05) is 0 Å². The Kier molecular flexibility index (Phi) is 5.12. The van der Waals surface area contributed by atoms with Crippen molar-refractivity contribution in [2.45, 2.75) is 45.5 Å². The van der Waals surface area contributed by atoms with Gasteiger partial charge in [-0.25, -0.2) is 0 Å². The van der Waals surface area contributed by atoms with Gasteiger partial charge in [0.05, 0.1) is 6.61 Å². The molecule has 0 aliphatic carbocycles. The van der Waals surface area contributed by atoms with Gasteiger partial charge >= 0.3 is 0 Å². The van der Waals surface area contributed by atoms with Crippen LogP contribution in [0.25, 0.3) is 0 Å². The van der Waals surface area contributed by atoms with Crippen molar-refractivity contribution < 1.29 is 4.43 Å². The Morgan fingerprint density at radius 2 is 1.86 bits per heavy atom. The summed E-state index contributed by atoms with van der Waals surface area (Å²) in [4.78, 5) is 2.45. The monoisotopic (exact) mass is 306 g/mol. The molecule has 1 saturated heterocycles. The highest BCUT2D eigenvalue weighted by Crippen LogP contribution is 2.37. The first kappa shape index (κ1) is 16.5. The van der Waals surface area contributed by atoms with E-state index < -0.39 is 8.32 Å². The average molecular weight is 307 g/mol. The van der Waals surface area contributed by atoms with Crippen molar-refractivity contribution in [2.24, 2.45) is 0 Å². The number of anilines is 1. The van der Waals surface area contributed by atoms with E-state index in [1.54, 1.807) is 0 Å². The molecule has 0 atom stereocenters. The molecule has 21 heavy (non-hydrogen) atoms. The minimum absolute atomic E-state index is 0.267. The largest absolute Gasteiger partial charge is 0.413 e. The zero-order valence-corrected chi connectivity index (χ0v) is 15.2. The second-order valence-electron chi connectivity index (χ2n) is 7.46. The van der Waals surface area contributed by atoms with Crippen molar-refractivity contribution in [3.63, 3.8) is 0 Å². The predicted octanol–water partition coefficient (Wildman–Crippen LogP) is 3.62. The van der Waals surface area contributed by atoms with Gasteiger partial charge in [-0.15, -0.1) is 0 Å². The third-order valence-electron chi connectivity index (χ3n) is 4.80. The maximum Gasteiger partial charge on any atom is 0.192 e. The van der Waals surface area contributed by atoms with E-state index in [4.69, 9.17) is 4.43 Å². The summed E-state index contributed by atoms with van der Waals surface area (Å²) in [6, 6.07) is 8.83. The van der Waals surface area contributed by atoms with E-state index in [9.17, 15) is 0 Å². The Labute approximate surface area is 130 Å². The lowest BCUT2D eigenvalue weighted by molar-refractivity contribution is 0.276. The summed E-state index contributed by atoms with van der Waals surface area (Å²) in [7, 11) is -1.67. The van der Waals surface area contributed by atoms with Gasteiger partial charge in [-0.05, 0) is 35.8 Å². The van der Waals surface area contributed by atoms with Crippen LogP contribution in [0.3, 0.4) is 0 Å². The molecular formula is C17H30N2OSi. The van der Waals surface area contributed by atoms with Crippen LogP contribution in [0.2, 0.25) is 18.1 Å². The number of piperazine rings is 1. The molecule has 0 saturated carbocycles. The molecule has 0 amide bonds. The van der Waals surface area contributed by atoms with E-state index in [0.29, 0.717) is 0 Å². The highest BCUT2D eigenvalue weighted by molar-refractivity contribution is 6.74. The van der Waals surface area contributed by atoms with Gasteiger partial charge in [-0.2, -0.15) is 0 Å². The first-order chi connectivity index (χ1) is 9.79. The van der Waals surface area contributed by atoms with Crippen LogP contribution in [0.4, 0.5) is 5.69 Å². The summed E-state index contributed by atoms with van der Waals surface area (Å²) in [6.45, 7) is 16.5. The second-order valence-corrected chi connectivity index (χ2v) is 12.3. The first-order valence-electron chi connectivity index (χ1n) is 7.98. The lowest BCUT2D eigenvalue weighted by Gasteiger charge is -2.36. The molecule has 1 heterocycles. The lowest BCUT2D eigenvalue weighted by atomic mass is 10.2. The minimum atomic E-state index is -1.67. The summed E-state index contributed by atoms with van der Waals surface area (Å²) in [5, 5.41) is 3.67. The number of hydrogen-bond donors (Lipinski definition) is 1. The number of rotatable bonds is 4. The molecular weight excluding hydrogens is 276 g/mol. The SMILES string of the molecule is CC(C)(C)[Si](C)(C)OCc1cccc(N2CCNCC2)c1. The molecule has 1 aliphatic heterocycles. The van der Waals surface area contributed by atoms with E-state index in [2.05, 4.69) is 68.3 Å². The molecule has 1 aromatic rings. The molecule has 2 rings (SSSR count). The van der Waals surface area contributed by atoms with Crippen LogP contribution in [0.5, 0.6) is 0 Å². The van der Waals surface area contributed by atoms with E-state index in [0.717, 1.165) is 32.8 Å². The van der Waals surface area contributed by atoms with Crippen LogP contribution in [0.1, 0.15) is 26.3 Å². The third kappa shape index (κ3) is 4.31. The van der Waals surface area contributed by atoms with Gasteiger partial charge in [0.15, 0.2) is 8.32 Å². The quantitative estimate of drug-likeness (QED) is 0.860. The molecule has 0 bridgehead atoms. The fourth-order valence-corrected chi connectivity index (χ4v) is 3.21. The van der Waals surface area contributed by atoms with Crippen LogP contribution in [-0.2, 0) is 11.0 Å². The summed E-state index contributed by atoms with van der Waals surface area (Å²) < 4.78 is 6.33. The predicted molar refractivity (Wildman–Crippen MR) is 93.5 cm³/mol. The van der Waals surface area contributed by atoms with Crippen molar-refractivity contribution >= 4 is 14.0 Å². The molecule has 0 unspecified atom stereocenters. The Hall–Kier alpha value is -0.843. The molecule has 0 aromatic heterocycles. The third-order valence-corrected chi connectivity index (χ3v) is 9.28. The topological polar surface area (TPSA) is 24.5 Å². The Morgan fingerprint density at radius 1 is 1.19 bits per heavy atom. The molecule has 118 valence electrons. The average Bonchev–Trinajstić information content (AvgIpc) is 2.45. The van der Waals surface area contributed by atoms with Crippen molar-refractivity contribution in [3.05, 3.63) is 29.8 Å². The van der Waals surface area contributed by atoms with Crippen LogP contribution >= 0.6 is 0 Å². The van der Waals surface area contributed by atoms with Gasteiger partial charge < -0.3 is 14.6 Å². The highest BCUT2D eigenvalue weighted by atomic mass is 28.4. The van der Waals surface area contributed by atoms with Gasteiger partial charge in [0.25, 0.3) is 0 Å². The molecule has 3 nitrogen and oxygen atoms in total. The summed E-state index contributed by atoms with van der Waals surface area (Å²) in [5.74, 6) is 0. The number of benzene rings is 1. The van der Waals surface area contributed by atoms with Crippen molar-refractivity contribution in [2.75, 3.05) is 31.1 Å². The second kappa shape index (κ2) is 6.51. The van der Waals surface area contributed by atoms with E-state index in [1.165, 1.54) is 11.3 Å². The molecule has 0 spiro atoms. The van der Waals surface area contributed by atoms with E-state index in [-0.39, 0.29) is 5.04 Å². The Bertz CT molecular complexity index is 462. The molecule has 1 aromatic carbocycles. The number of nitrogens with zero attached hydrogens (tertiary/aromatic N) is 1. The minimum Gasteiger partial charge on any atom is -0.413 e. The summed E-state index contributed by atoms with van der Waals surface area (Å²) in [5.41, 5.74) is 2.61.